The van der Waals surface area contributed by atoms with Crippen molar-refractivity contribution in [2.24, 2.45) is 0 Å². The van der Waals surface area contributed by atoms with Gasteiger partial charge in [0.05, 0.1) is 17.8 Å². The smallest absolute Gasteiger partial charge is 0.299 e. The minimum absolute atomic E-state index is 0.227. The summed E-state index contributed by atoms with van der Waals surface area (Å²) in [6.45, 7) is 1.44. The molecule has 0 spiro atoms. The maximum absolute atomic E-state index is 13.7. The van der Waals surface area contributed by atoms with E-state index >= 15 is 0 Å². The van der Waals surface area contributed by atoms with Crippen molar-refractivity contribution in [3.05, 3.63) is 64.7 Å². The Hall–Kier alpha value is -2.56. The molecule has 0 aromatic heterocycles. The minimum atomic E-state index is -0.762. The van der Waals surface area contributed by atoms with Crippen LogP contribution in [0, 0.1) is 18.6 Å². The van der Waals surface area contributed by atoms with Gasteiger partial charge in [-0.3, -0.25) is 14.5 Å². The molecule has 0 atom stereocenters. The van der Waals surface area contributed by atoms with E-state index in [-0.39, 0.29) is 17.7 Å². The van der Waals surface area contributed by atoms with Crippen LogP contribution in [0.5, 0.6) is 0 Å². The second-order valence-corrected chi connectivity index (χ2v) is 4.89. The molecule has 1 aliphatic rings. The van der Waals surface area contributed by atoms with Gasteiger partial charge >= 0.3 is 0 Å². The number of aryl methyl sites for hydroxylation is 1. The van der Waals surface area contributed by atoms with Crippen molar-refractivity contribution in [2.75, 3.05) is 4.90 Å². The fraction of sp³-hybridized carbons (Fsp3) is 0.125. The summed E-state index contributed by atoms with van der Waals surface area (Å²) in [5, 5.41) is 0. The van der Waals surface area contributed by atoms with E-state index in [1.54, 1.807) is 25.1 Å². The van der Waals surface area contributed by atoms with Crippen LogP contribution in [0.3, 0.4) is 0 Å². The number of fused-ring (bicyclic) bond motifs is 1. The summed E-state index contributed by atoms with van der Waals surface area (Å²) < 4.78 is 27.5. The molecule has 0 N–H and O–H groups in total. The van der Waals surface area contributed by atoms with Crippen LogP contribution in [-0.2, 0) is 11.3 Å². The SMILES string of the molecule is Cc1cccc2c1N(Cc1c(F)cccc1F)C(=O)C2=O. The molecule has 5 heteroatoms. The number of halogens is 2. The molecule has 0 fully saturated rings. The van der Waals surface area contributed by atoms with Gasteiger partial charge in [-0.05, 0) is 30.7 Å². The first-order valence-electron chi connectivity index (χ1n) is 6.39. The van der Waals surface area contributed by atoms with Crippen molar-refractivity contribution in [1.29, 1.82) is 0 Å². The van der Waals surface area contributed by atoms with Gasteiger partial charge in [0, 0.05) is 5.56 Å². The molecular formula is C16H11F2NO2. The number of anilines is 1. The standard InChI is InChI=1S/C16H11F2NO2/c1-9-4-2-5-10-14(9)19(16(21)15(10)20)8-11-12(17)6-3-7-13(11)18/h2-7H,8H2,1H3. The number of carbonyl (C=O) groups is 2. The maximum atomic E-state index is 13.7. The van der Waals surface area contributed by atoms with Gasteiger partial charge < -0.3 is 0 Å². The first-order valence-corrected chi connectivity index (χ1v) is 6.39. The molecule has 3 rings (SSSR count). The molecule has 0 unspecified atom stereocenters. The minimum Gasteiger partial charge on any atom is -0.300 e. The summed E-state index contributed by atoms with van der Waals surface area (Å²) in [6.07, 6.45) is 0. The van der Waals surface area contributed by atoms with Crippen molar-refractivity contribution in [1.82, 2.24) is 0 Å². The lowest BCUT2D eigenvalue weighted by molar-refractivity contribution is -0.114. The van der Waals surface area contributed by atoms with E-state index in [2.05, 4.69) is 0 Å². The molecule has 1 amide bonds. The number of hydrogen-bond acceptors (Lipinski definition) is 2. The van der Waals surface area contributed by atoms with E-state index < -0.39 is 23.3 Å². The Morgan fingerprint density at radius 3 is 2.29 bits per heavy atom. The highest BCUT2D eigenvalue weighted by Gasteiger charge is 2.37. The zero-order valence-corrected chi connectivity index (χ0v) is 11.2. The van der Waals surface area contributed by atoms with Crippen LogP contribution >= 0.6 is 0 Å². The number of rotatable bonds is 2. The third-order valence-electron chi connectivity index (χ3n) is 3.57. The van der Waals surface area contributed by atoms with E-state index in [0.717, 1.165) is 17.0 Å². The van der Waals surface area contributed by atoms with E-state index in [0.29, 0.717) is 11.3 Å². The Morgan fingerprint density at radius 2 is 1.62 bits per heavy atom. The predicted octanol–water partition coefficient (Wildman–Crippen LogP) is 3.00. The largest absolute Gasteiger partial charge is 0.300 e. The van der Waals surface area contributed by atoms with Crippen molar-refractivity contribution in [3.63, 3.8) is 0 Å². The van der Waals surface area contributed by atoms with Crippen LogP contribution in [0.1, 0.15) is 21.5 Å². The highest BCUT2D eigenvalue weighted by molar-refractivity contribution is 6.52. The molecule has 106 valence electrons. The highest BCUT2D eigenvalue weighted by atomic mass is 19.1. The number of benzene rings is 2. The van der Waals surface area contributed by atoms with Crippen molar-refractivity contribution < 1.29 is 18.4 Å². The Kier molecular flexibility index (Phi) is 3.05. The molecular weight excluding hydrogens is 276 g/mol. The van der Waals surface area contributed by atoms with Crippen LogP contribution in [0.2, 0.25) is 0 Å². The van der Waals surface area contributed by atoms with Gasteiger partial charge in [0.1, 0.15) is 11.6 Å². The fourth-order valence-electron chi connectivity index (χ4n) is 2.53. The average molecular weight is 287 g/mol. The number of para-hydroxylation sites is 1. The van der Waals surface area contributed by atoms with Crippen molar-refractivity contribution >= 4 is 17.4 Å². The van der Waals surface area contributed by atoms with Crippen LogP contribution in [-0.4, -0.2) is 11.7 Å². The van der Waals surface area contributed by atoms with E-state index in [4.69, 9.17) is 0 Å². The molecule has 1 heterocycles. The van der Waals surface area contributed by atoms with E-state index in [9.17, 15) is 18.4 Å². The van der Waals surface area contributed by atoms with Crippen LogP contribution < -0.4 is 4.90 Å². The normalized spacial score (nSPS) is 13.8. The summed E-state index contributed by atoms with van der Waals surface area (Å²) >= 11 is 0. The molecule has 3 nitrogen and oxygen atoms in total. The Balaban J connectivity index is 2.09. The van der Waals surface area contributed by atoms with Gasteiger partial charge in [-0.1, -0.05) is 18.2 Å². The molecule has 0 bridgehead atoms. The Morgan fingerprint density at radius 1 is 1.00 bits per heavy atom. The predicted molar refractivity (Wildman–Crippen MR) is 73.1 cm³/mol. The summed E-state index contributed by atoms with van der Waals surface area (Å²) in [5.74, 6) is -2.89. The third kappa shape index (κ3) is 2.01. The monoisotopic (exact) mass is 287 g/mol. The van der Waals surface area contributed by atoms with E-state index in [1.807, 2.05) is 0 Å². The van der Waals surface area contributed by atoms with Gasteiger partial charge in [-0.25, -0.2) is 8.78 Å². The van der Waals surface area contributed by atoms with Gasteiger partial charge in [0.2, 0.25) is 0 Å². The average Bonchev–Trinajstić information content (AvgIpc) is 2.69. The lowest BCUT2D eigenvalue weighted by atomic mass is 10.1. The number of carbonyl (C=O) groups excluding carboxylic acids is 2. The Labute approximate surface area is 119 Å². The van der Waals surface area contributed by atoms with Crippen LogP contribution in [0.25, 0.3) is 0 Å². The molecule has 0 radical (unpaired) electrons. The number of ketones is 1. The highest BCUT2D eigenvalue weighted by Crippen LogP contribution is 2.33. The lowest BCUT2D eigenvalue weighted by Gasteiger charge is -2.19. The van der Waals surface area contributed by atoms with Gasteiger partial charge in [-0.15, -0.1) is 0 Å². The number of amides is 1. The van der Waals surface area contributed by atoms with Crippen molar-refractivity contribution in [2.45, 2.75) is 13.5 Å². The number of Topliss-reactive ketones (excluding diaryl/α,β-unsaturated/α-hetero) is 1. The summed E-state index contributed by atoms with van der Waals surface area (Å²) in [7, 11) is 0. The zero-order valence-electron chi connectivity index (χ0n) is 11.2. The molecule has 2 aromatic rings. The summed E-state index contributed by atoms with van der Waals surface area (Å²) in [4.78, 5) is 25.1. The first-order chi connectivity index (χ1) is 10.0. The lowest BCUT2D eigenvalue weighted by Crippen LogP contribution is -2.30. The number of nitrogens with zero attached hydrogens (tertiary/aromatic N) is 1. The topological polar surface area (TPSA) is 37.4 Å². The summed E-state index contributed by atoms with van der Waals surface area (Å²) in [6, 6.07) is 8.46. The first kappa shape index (κ1) is 13.4. The zero-order chi connectivity index (χ0) is 15.1. The fourth-order valence-corrected chi connectivity index (χ4v) is 2.53. The molecule has 1 aliphatic heterocycles. The maximum Gasteiger partial charge on any atom is 0.299 e. The van der Waals surface area contributed by atoms with Gasteiger partial charge in [0.25, 0.3) is 11.7 Å². The molecule has 21 heavy (non-hydrogen) atoms. The Bertz CT molecular complexity index is 751. The summed E-state index contributed by atoms with van der Waals surface area (Å²) in [5.41, 5.74) is 1.19. The third-order valence-corrected chi connectivity index (χ3v) is 3.57. The van der Waals surface area contributed by atoms with Crippen LogP contribution in [0.4, 0.5) is 14.5 Å². The molecule has 2 aromatic carbocycles. The second-order valence-electron chi connectivity index (χ2n) is 4.89. The van der Waals surface area contributed by atoms with E-state index in [1.165, 1.54) is 6.07 Å². The molecule has 0 aliphatic carbocycles. The van der Waals surface area contributed by atoms with Gasteiger partial charge in [-0.2, -0.15) is 0 Å². The molecule has 0 saturated carbocycles. The molecule has 0 saturated heterocycles. The second kappa shape index (κ2) is 4.77. The quantitative estimate of drug-likeness (QED) is 0.796. The van der Waals surface area contributed by atoms with Gasteiger partial charge in [0.15, 0.2) is 0 Å². The number of hydrogen-bond donors (Lipinski definition) is 0. The van der Waals surface area contributed by atoms with Crippen molar-refractivity contribution in [3.8, 4) is 0 Å². The van der Waals surface area contributed by atoms with Crippen LogP contribution in [0.15, 0.2) is 36.4 Å².